The summed E-state index contributed by atoms with van der Waals surface area (Å²) in [6.07, 6.45) is -4.49. The van der Waals surface area contributed by atoms with Gasteiger partial charge >= 0.3 is 6.18 Å². The first-order chi connectivity index (χ1) is 13.3. The Hall–Kier alpha value is -2.66. The summed E-state index contributed by atoms with van der Waals surface area (Å²) in [5.41, 5.74) is 0.936. The summed E-state index contributed by atoms with van der Waals surface area (Å²) < 4.78 is 44.1. The van der Waals surface area contributed by atoms with Crippen molar-refractivity contribution in [2.24, 2.45) is 0 Å². The zero-order valence-corrected chi connectivity index (χ0v) is 16.0. The minimum atomic E-state index is -4.49. The van der Waals surface area contributed by atoms with Gasteiger partial charge in [0.15, 0.2) is 0 Å². The highest BCUT2D eigenvalue weighted by Gasteiger charge is 2.33. The standard InChI is InChI=1S/C20H19F3N2O2S/c1-2-27-17-7-9-18(10-8-17)28-13-19(26)25(14-20(21,22)23)12-16-5-3-15(11-24)4-6-16/h3-10H,2,12-14H2,1H3. The normalized spacial score (nSPS) is 11.0. The molecule has 0 unspecified atom stereocenters. The number of carbonyl (C=O) groups excluding carboxylic acids is 1. The summed E-state index contributed by atoms with van der Waals surface area (Å²) in [6, 6.07) is 15.1. The SMILES string of the molecule is CCOc1ccc(SCC(=O)N(Cc2ccc(C#N)cc2)CC(F)(F)F)cc1. The van der Waals surface area contributed by atoms with Gasteiger partial charge in [-0.3, -0.25) is 4.79 Å². The maximum atomic E-state index is 12.9. The Kier molecular flexibility index (Phi) is 7.76. The second-order valence-electron chi connectivity index (χ2n) is 5.87. The lowest BCUT2D eigenvalue weighted by atomic mass is 10.1. The Balaban J connectivity index is 2.02. The molecule has 0 heterocycles. The number of nitriles is 1. The Morgan fingerprint density at radius 3 is 2.32 bits per heavy atom. The van der Waals surface area contributed by atoms with Crippen LogP contribution in [0.15, 0.2) is 53.4 Å². The van der Waals surface area contributed by atoms with Crippen LogP contribution in [0.25, 0.3) is 0 Å². The zero-order valence-electron chi connectivity index (χ0n) is 15.2. The van der Waals surface area contributed by atoms with E-state index in [1.807, 2.05) is 13.0 Å². The van der Waals surface area contributed by atoms with E-state index in [0.717, 1.165) is 9.80 Å². The minimum Gasteiger partial charge on any atom is -0.494 e. The van der Waals surface area contributed by atoms with Gasteiger partial charge in [0.05, 0.1) is 24.0 Å². The first kappa shape index (κ1) is 21.6. The molecule has 0 saturated carbocycles. The molecular weight excluding hydrogens is 389 g/mol. The van der Waals surface area contributed by atoms with Gasteiger partial charge in [0.25, 0.3) is 0 Å². The zero-order chi connectivity index (χ0) is 20.6. The van der Waals surface area contributed by atoms with Crippen molar-refractivity contribution in [3.05, 3.63) is 59.7 Å². The first-order valence-electron chi connectivity index (χ1n) is 8.50. The maximum Gasteiger partial charge on any atom is 0.406 e. The Bertz CT molecular complexity index is 815. The van der Waals surface area contributed by atoms with Crippen molar-refractivity contribution < 1.29 is 22.7 Å². The van der Waals surface area contributed by atoms with Crippen LogP contribution in [0.5, 0.6) is 5.75 Å². The first-order valence-corrected chi connectivity index (χ1v) is 9.48. The van der Waals surface area contributed by atoms with E-state index in [1.54, 1.807) is 36.4 Å². The molecule has 0 aromatic heterocycles. The molecule has 8 heteroatoms. The van der Waals surface area contributed by atoms with Crippen molar-refractivity contribution >= 4 is 17.7 Å². The lowest BCUT2D eigenvalue weighted by Crippen LogP contribution is -2.39. The molecular formula is C20H19F3N2O2S. The van der Waals surface area contributed by atoms with Crippen LogP contribution >= 0.6 is 11.8 Å². The van der Waals surface area contributed by atoms with Crippen molar-refractivity contribution in [3.63, 3.8) is 0 Å². The molecule has 0 saturated heterocycles. The summed E-state index contributed by atoms with van der Waals surface area (Å²) in [5.74, 6) is -0.0291. The van der Waals surface area contributed by atoms with E-state index in [0.29, 0.717) is 23.5 Å². The van der Waals surface area contributed by atoms with E-state index in [1.165, 1.54) is 23.9 Å². The number of hydrogen-bond acceptors (Lipinski definition) is 4. The number of alkyl halides is 3. The second-order valence-corrected chi connectivity index (χ2v) is 6.92. The number of hydrogen-bond donors (Lipinski definition) is 0. The van der Waals surface area contributed by atoms with Crippen LogP contribution in [0.3, 0.4) is 0 Å². The largest absolute Gasteiger partial charge is 0.494 e. The number of halogens is 3. The summed E-state index contributed by atoms with van der Waals surface area (Å²) >= 11 is 1.17. The second kappa shape index (κ2) is 10.0. The molecule has 0 aliphatic rings. The van der Waals surface area contributed by atoms with Crippen LogP contribution in [0.2, 0.25) is 0 Å². The van der Waals surface area contributed by atoms with Gasteiger partial charge < -0.3 is 9.64 Å². The number of nitrogens with zero attached hydrogens (tertiary/aromatic N) is 2. The molecule has 0 radical (unpaired) electrons. The predicted molar refractivity (Wildman–Crippen MR) is 101 cm³/mol. The molecule has 0 atom stereocenters. The average Bonchev–Trinajstić information content (AvgIpc) is 2.66. The smallest absolute Gasteiger partial charge is 0.406 e. The van der Waals surface area contributed by atoms with Crippen molar-refractivity contribution in [3.8, 4) is 11.8 Å². The third kappa shape index (κ3) is 7.16. The summed E-state index contributed by atoms with van der Waals surface area (Å²) in [6.45, 7) is 0.903. The summed E-state index contributed by atoms with van der Waals surface area (Å²) in [7, 11) is 0. The van der Waals surface area contributed by atoms with E-state index < -0.39 is 18.6 Å². The van der Waals surface area contributed by atoms with Crippen LogP contribution in [-0.2, 0) is 11.3 Å². The molecule has 1 amide bonds. The Morgan fingerprint density at radius 2 is 1.79 bits per heavy atom. The highest BCUT2D eigenvalue weighted by atomic mass is 32.2. The highest BCUT2D eigenvalue weighted by Crippen LogP contribution is 2.24. The highest BCUT2D eigenvalue weighted by molar-refractivity contribution is 8.00. The quantitative estimate of drug-likeness (QED) is 0.597. The van der Waals surface area contributed by atoms with Gasteiger partial charge in [-0.1, -0.05) is 12.1 Å². The molecule has 148 valence electrons. The molecule has 0 aliphatic carbocycles. The maximum absolute atomic E-state index is 12.9. The minimum absolute atomic E-state index is 0.111. The van der Waals surface area contributed by atoms with E-state index in [-0.39, 0.29) is 12.3 Å². The van der Waals surface area contributed by atoms with E-state index >= 15 is 0 Å². The molecule has 0 fully saturated rings. The number of ether oxygens (including phenoxy) is 1. The number of thioether (sulfide) groups is 1. The van der Waals surface area contributed by atoms with E-state index in [2.05, 4.69) is 0 Å². The van der Waals surface area contributed by atoms with Gasteiger partial charge in [0.1, 0.15) is 12.3 Å². The van der Waals surface area contributed by atoms with Crippen LogP contribution in [0.1, 0.15) is 18.1 Å². The average molecular weight is 408 g/mol. The number of rotatable bonds is 8. The monoisotopic (exact) mass is 408 g/mol. The molecule has 4 nitrogen and oxygen atoms in total. The van der Waals surface area contributed by atoms with Crippen molar-refractivity contribution in [1.29, 1.82) is 5.26 Å². The molecule has 2 aromatic rings. The molecule has 28 heavy (non-hydrogen) atoms. The number of benzene rings is 2. The van der Waals surface area contributed by atoms with E-state index in [9.17, 15) is 18.0 Å². The number of carbonyl (C=O) groups is 1. The number of amides is 1. The molecule has 0 N–H and O–H groups in total. The van der Waals surface area contributed by atoms with Gasteiger partial charge in [-0.25, -0.2) is 0 Å². The van der Waals surface area contributed by atoms with Gasteiger partial charge in [0, 0.05) is 11.4 Å². The fourth-order valence-corrected chi connectivity index (χ4v) is 3.19. The van der Waals surface area contributed by atoms with Crippen molar-refractivity contribution in [2.75, 3.05) is 18.9 Å². The van der Waals surface area contributed by atoms with Gasteiger partial charge in [-0.05, 0) is 48.9 Å². The Labute approximate surface area is 165 Å². The fourth-order valence-electron chi connectivity index (χ4n) is 2.39. The predicted octanol–water partition coefficient (Wildman–Crippen LogP) is 4.64. The molecule has 0 bridgehead atoms. The third-order valence-corrected chi connectivity index (χ3v) is 4.67. The van der Waals surface area contributed by atoms with Gasteiger partial charge in [0.2, 0.25) is 5.91 Å². The van der Waals surface area contributed by atoms with Crippen LogP contribution < -0.4 is 4.74 Å². The topological polar surface area (TPSA) is 53.3 Å². The molecule has 2 rings (SSSR count). The van der Waals surface area contributed by atoms with E-state index in [4.69, 9.17) is 10.00 Å². The lowest BCUT2D eigenvalue weighted by Gasteiger charge is -2.24. The van der Waals surface area contributed by atoms with Crippen molar-refractivity contribution in [2.45, 2.75) is 24.5 Å². The molecule has 2 aromatic carbocycles. The lowest BCUT2D eigenvalue weighted by molar-refractivity contribution is -0.160. The molecule has 0 spiro atoms. The van der Waals surface area contributed by atoms with Crippen molar-refractivity contribution in [1.82, 2.24) is 4.90 Å². The third-order valence-electron chi connectivity index (χ3n) is 3.68. The molecule has 0 aliphatic heterocycles. The Morgan fingerprint density at radius 1 is 1.14 bits per heavy atom. The van der Waals surface area contributed by atoms with Gasteiger partial charge in [-0.15, -0.1) is 11.8 Å². The van der Waals surface area contributed by atoms with Crippen LogP contribution in [0.4, 0.5) is 13.2 Å². The summed E-state index contributed by atoms with van der Waals surface area (Å²) in [4.78, 5) is 14.0. The van der Waals surface area contributed by atoms with Gasteiger partial charge in [-0.2, -0.15) is 18.4 Å². The summed E-state index contributed by atoms with van der Waals surface area (Å²) in [5, 5.41) is 8.80. The fraction of sp³-hybridized carbons (Fsp3) is 0.300. The van der Waals surface area contributed by atoms with Crippen LogP contribution in [0, 0.1) is 11.3 Å². The van der Waals surface area contributed by atoms with Crippen LogP contribution in [-0.4, -0.2) is 35.9 Å².